The van der Waals surface area contributed by atoms with Crippen molar-refractivity contribution in [3.8, 4) is 6.07 Å². The second-order valence-electron chi connectivity index (χ2n) is 4.36. The zero-order chi connectivity index (χ0) is 14.4. The SMILES string of the molecule is N#Cc1ccc(CCC(=O)Nc2ccc(F)cc2)cc1. The summed E-state index contributed by atoms with van der Waals surface area (Å²) in [6.45, 7) is 0. The molecule has 100 valence electrons. The number of nitrogens with one attached hydrogen (secondary N) is 1. The summed E-state index contributed by atoms with van der Waals surface area (Å²) in [7, 11) is 0. The number of rotatable bonds is 4. The van der Waals surface area contributed by atoms with Crippen LogP contribution in [0.2, 0.25) is 0 Å². The highest BCUT2D eigenvalue weighted by atomic mass is 19.1. The first-order valence-corrected chi connectivity index (χ1v) is 6.22. The molecule has 0 aliphatic carbocycles. The van der Waals surface area contributed by atoms with Crippen LogP contribution < -0.4 is 5.32 Å². The Morgan fingerprint density at radius 2 is 1.75 bits per heavy atom. The Hall–Kier alpha value is -2.67. The van der Waals surface area contributed by atoms with E-state index in [1.807, 2.05) is 18.2 Å². The lowest BCUT2D eigenvalue weighted by Gasteiger charge is -2.05. The van der Waals surface area contributed by atoms with Crippen LogP contribution in [0.25, 0.3) is 0 Å². The molecule has 0 bridgehead atoms. The summed E-state index contributed by atoms with van der Waals surface area (Å²) in [6, 6.07) is 14.8. The van der Waals surface area contributed by atoms with Crippen molar-refractivity contribution in [1.29, 1.82) is 5.26 Å². The maximum atomic E-state index is 12.7. The molecule has 2 rings (SSSR count). The third-order valence-electron chi connectivity index (χ3n) is 2.85. The van der Waals surface area contributed by atoms with Gasteiger partial charge in [-0.2, -0.15) is 5.26 Å². The monoisotopic (exact) mass is 268 g/mol. The van der Waals surface area contributed by atoms with Gasteiger partial charge >= 0.3 is 0 Å². The van der Waals surface area contributed by atoms with Gasteiger partial charge in [-0.25, -0.2) is 4.39 Å². The fraction of sp³-hybridized carbons (Fsp3) is 0.125. The highest BCUT2D eigenvalue weighted by molar-refractivity contribution is 5.90. The summed E-state index contributed by atoms with van der Waals surface area (Å²) < 4.78 is 12.7. The molecule has 2 aromatic carbocycles. The molecule has 0 heterocycles. The number of hydrogen-bond donors (Lipinski definition) is 1. The highest BCUT2D eigenvalue weighted by Crippen LogP contribution is 2.10. The maximum absolute atomic E-state index is 12.7. The van der Waals surface area contributed by atoms with Gasteiger partial charge in [0.15, 0.2) is 0 Å². The van der Waals surface area contributed by atoms with E-state index in [9.17, 15) is 9.18 Å². The second kappa shape index (κ2) is 6.48. The molecule has 0 aromatic heterocycles. The Morgan fingerprint density at radius 3 is 2.35 bits per heavy atom. The largest absolute Gasteiger partial charge is 0.326 e. The van der Waals surface area contributed by atoms with E-state index in [0.717, 1.165) is 5.56 Å². The second-order valence-corrected chi connectivity index (χ2v) is 4.36. The predicted molar refractivity (Wildman–Crippen MR) is 74.5 cm³/mol. The number of nitriles is 1. The van der Waals surface area contributed by atoms with Crippen LogP contribution in [-0.4, -0.2) is 5.91 Å². The van der Waals surface area contributed by atoms with Crippen LogP contribution in [0.5, 0.6) is 0 Å². The zero-order valence-electron chi connectivity index (χ0n) is 10.8. The van der Waals surface area contributed by atoms with E-state index >= 15 is 0 Å². The number of benzene rings is 2. The summed E-state index contributed by atoms with van der Waals surface area (Å²) in [5.41, 5.74) is 2.18. The van der Waals surface area contributed by atoms with Crippen LogP contribution >= 0.6 is 0 Å². The Balaban J connectivity index is 1.85. The number of amides is 1. The molecule has 0 spiro atoms. The third kappa shape index (κ3) is 3.92. The number of carbonyl (C=O) groups is 1. The molecule has 0 atom stereocenters. The molecule has 1 amide bonds. The fourth-order valence-electron chi connectivity index (χ4n) is 1.76. The minimum absolute atomic E-state index is 0.124. The fourth-order valence-corrected chi connectivity index (χ4v) is 1.76. The van der Waals surface area contributed by atoms with Crippen molar-refractivity contribution in [3.63, 3.8) is 0 Å². The van der Waals surface area contributed by atoms with E-state index in [2.05, 4.69) is 5.32 Å². The number of halogens is 1. The molecular formula is C16H13FN2O. The highest BCUT2D eigenvalue weighted by Gasteiger charge is 2.03. The first-order valence-electron chi connectivity index (χ1n) is 6.22. The molecule has 0 fully saturated rings. The molecule has 4 heteroatoms. The first kappa shape index (κ1) is 13.8. The van der Waals surface area contributed by atoms with Crippen LogP contribution in [0.4, 0.5) is 10.1 Å². The molecule has 0 aliphatic rings. The van der Waals surface area contributed by atoms with E-state index in [4.69, 9.17) is 5.26 Å². The summed E-state index contributed by atoms with van der Waals surface area (Å²) in [4.78, 5) is 11.7. The van der Waals surface area contributed by atoms with Crippen LogP contribution in [-0.2, 0) is 11.2 Å². The molecule has 0 saturated heterocycles. The average molecular weight is 268 g/mol. The van der Waals surface area contributed by atoms with Gasteiger partial charge in [0.1, 0.15) is 5.82 Å². The Kier molecular flexibility index (Phi) is 4.46. The topological polar surface area (TPSA) is 52.9 Å². The van der Waals surface area contributed by atoms with Gasteiger partial charge in [-0.15, -0.1) is 0 Å². The van der Waals surface area contributed by atoms with Crippen molar-refractivity contribution < 1.29 is 9.18 Å². The zero-order valence-corrected chi connectivity index (χ0v) is 10.8. The quantitative estimate of drug-likeness (QED) is 0.925. The number of carbonyl (C=O) groups excluding carboxylic acids is 1. The molecule has 2 aromatic rings. The third-order valence-corrected chi connectivity index (χ3v) is 2.85. The van der Waals surface area contributed by atoms with Gasteiger partial charge in [0.2, 0.25) is 5.91 Å². The molecule has 20 heavy (non-hydrogen) atoms. The maximum Gasteiger partial charge on any atom is 0.224 e. The van der Waals surface area contributed by atoms with E-state index in [-0.39, 0.29) is 11.7 Å². The minimum Gasteiger partial charge on any atom is -0.326 e. The van der Waals surface area contributed by atoms with Crippen molar-refractivity contribution in [3.05, 3.63) is 65.5 Å². The van der Waals surface area contributed by atoms with Crippen LogP contribution in [0.15, 0.2) is 48.5 Å². The average Bonchev–Trinajstić information content (AvgIpc) is 2.48. The van der Waals surface area contributed by atoms with Gasteiger partial charge in [-0.3, -0.25) is 4.79 Å². The van der Waals surface area contributed by atoms with Crippen LogP contribution in [0.1, 0.15) is 17.5 Å². The summed E-state index contributed by atoms with van der Waals surface area (Å²) >= 11 is 0. The van der Waals surface area contributed by atoms with Crippen LogP contribution in [0, 0.1) is 17.1 Å². The minimum atomic E-state index is -0.333. The standard InChI is InChI=1S/C16H13FN2O/c17-14-6-8-15(9-7-14)19-16(20)10-5-12-1-3-13(11-18)4-2-12/h1-4,6-9H,5,10H2,(H,19,20). The number of aryl methyl sites for hydroxylation is 1. The Morgan fingerprint density at radius 1 is 1.10 bits per heavy atom. The number of nitrogens with zero attached hydrogens (tertiary/aromatic N) is 1. The van der Waals surface area contributed by atoms with Crippen molar-refractivity contribution in [2.45, 2.75) is 12.8 Å². The molecule has 0 aliphatic heterocycles. The number of hydrogen-bond acceptors (Lipinski definition) is 2. The van der Waals surface area contributed by atoms with Gasteiger partial charge < -0.3 is 5.32 Å². The first-order chi connectivity index (χ1) is 9.67. The number of anilines is 1. The van der Waals surface area contributed by atoms with Crippen molar-refractivity contribution in [2.24, 2.45) is 0 Å². The molecule has 1 N–H and O–H groups in total. The lowest BCUT2D eigenvalue weighted by atomic mass is 10.1. The van der Waals surface area contributed by atoms with Gasteiger partial charge in [-0.05, 0) is 48.4 Å². The van der Waals surface area contributed by atoms with Crippen LogP contribution in [0.3, 0.4) is 0 Å². The van der Waals surface area contributed by atoms with E-state index in [1.165, 1.54) is 24.3 Å². The predicted octanol–water partition coefficient (Wildman–Crippen LogP) is 3.27. The van der Waals surface area contributed by atoms with E-state index in [0.29, 0.717) is 24.1 Å². The summed E-state index contributed by atoms with van der Waals surface area (Å²) in [6.07, 6.45) is 0.933. The van der Waals surface area contributed by atoms with Gasteiger partial charge in [0, 0.05) is 12.1 Å². The van der Waals surface area contributed by atoms with E-state index in [1.54, 1.807) is 12.1 Å². The lowest BCUT2D eigenvalue weighted by Crippen LogP contribution is -2.12. The molecule has 0 unspecified atom stereocenters. The molecule has 0 saturated carbocycles. The van der Waals surface area contributed by atoms with Crippen molar-refractivity contribution >= 4 is 11.6 Å². The van der Waals surface area contributed by atoms with Crippen molar-refractivity contribution in [2.75, 3.05) is 5.32 Å². The molecule has 3 nitrogen and oxygen atoms in total. The van der Waals surface area contributed by atoms with Gasteiger partial charge in [0.25, 0.3) is 0 Å². The molecular weight excluding hydrogens is 255 g/mol. The van der Waals surface area contributed by atoms with Gasteiger partial charge in [0.05, 0.1) is 11.6 Å². The Bertz CT molecular complexity index is 627. The molecule has 0 radical (unpaired) electrons. The normalized spacial score (nSPS) is 9.80. The summed E-state index contributed by atoms with van der Waals surface area (Å²) in [5.74, 6) is -0.457. The Labute approximate surface area is 116 Å². The van der Waals surface area contributed by atoms with Gasteiger partial charge in [-0.1, -0.05) is 12.1 Å². The lowest BCUT2D eigenvalue weighted by molar-refractivity contribution is -0.116. The van der Waals surface area contributed by atoms with E-state index < -0.39 is 0 Å². The smallest absolute Gasteiger partial charge is 0.224 e. The summed E-state index contributed by atoms with van der Waals surface area (Å²) in [5, 5.41) is 11.4. The van der Waals surface area contributed by atoms with Crippen molar-refractivity contribution in [1.82, 2.24) is 0 Å².